The van der Waals surface area contributed by atoms with Crippen LogP contribution in [0.25, 0.3) is 0 Å². The SMILES string of the molecule is NC(=O)C1C(C(=O)NCC(CN2CCN(c3ccccn3)CC2)OCc2ccccc2)[C@H]2C=C[C@@H]1C2. The van der Waals surface area contributed by atoms with Gasteiger partial charge >= 0.3 is 0 Å². The second kappa shape index (κ2) is 11.2. The van der Waals surface area contributed by atoms with Crippen LogP contribution in [0.5, 0.6) is 0 Å². The van der Waals surface area contributed by atoms with Gasteiger partial charge in [-0.2, -0.15) is 0 Å². The zero-order valence-corrected chi connectivity index (χ0v) is 20.5. The highest BCUT2D eigenvalue weighted by Crippen LogP contribution is 2.47. The van der Waals surface area contributed by atoms with E-state index in [1.165, 1.54) is 0 Å². The van der Waals surface area contributed by atoms with Crippen molar-refractivity contribution >= 4 is 17.6 Å². The van der Waals surface area contributed by atoms with Gasteiger partial charge < -0.3 is 20.7 Å². The zero-order valence-electron chi connectivity index (χ0n) is 20.5. The average Bonchev–Trinajstić information content (AvgIpc) is 3.54. The molecule has 8 heteroatoms. The van der Waals surface area contributed by atoms with Gasteiger partial charge in [0.05, 0.1) is 24.5 Å². The first kappa shape index (κ1) is 24.5. The molecule has 1 aromatic heterocycles. The smallest absolute Gasteiger partial charge is 0.224 e. The van der Waals surface area contributed by atoms with Gasteiger partial charge in [0, 0.05) is 45.5 Å². The number of nitrogens with one attached hydrogen (secondary N) is 1. The van der Waals surface area contributed by atoms with Crippen LogP contribution in [0.15, 0.2) is 66.9 Å². The van der Waals surface area contributed by atoms with Gasteiger partial charge in [-0.25, -0.2) is 4.98 Å². The van der Waals surface area contributed by atoms with E-state index in [0.29, 0.717) is 13.2 Å². The monoisotopic (exact) mass is 489 g/mol. The van der Waals surface area contributed by atoms with E-state index in [4.69, 9.17) is 10.5 Å². The number of ether oxygens (including phenoxy) is 1. The third kappa shape index (κ3) is 5.60. The van der Waals surface area contributed by atoms with Crippen molar-refractivity contribution in [3.63, 3.8) is 0 Å². The Kier molecular flexibility index (Phi) is 7.63. The molecule has 0 spiro atoms. The number of nitrogens with zero attached hydrogens (tertiary/aromatic N) is 3. The number of nitrogens with two attached hydrogens (primary N) is 1. The van der Waals surface area contributed by atoms with Gasteiger partial charge in [0.1, 0.15) is 5.82 Å². The number of piperazine rings is 1. The van der Waals surface area contributed by atoms with Crippen LogP contribution in [0.3, 0.4) is 0 Å². The number of benzene rings is 1. The topological polar surface area (TPSA) is 101 Å². The predicted octanol–water partition coefficient (Wildman–Crippen LogP) is 1.83. The Balaban J connectivity index is 1.18. The molecule has 3 unspecified atom stereocenters. The lowest BCUT2D eigenvalue weighted by molar-refractivity contribution is -0.134. The van der Waals surface area contributed by atoms with E-state index in [-0.39, 0.29) is 35.7 Å². The van der Waals surface area contributed by atoms with Crippen LogP contribution in [0, 0.1) is 23.7 Å². The van der Waals surface area contributed by atoms with Crippen LogP contribution in [0.1, 0.15) is 12.0 Å². The zero-order chi connectivity index (χ0) is 24.9. The number of anilines is 1. The maximum absolute atomic E-state index is 13.2. The molecule has 1 saturated carbocycles. The van der Waals surface area contributed by atoms with Crippen LogP contribution in [-0.4, -0.2) is 67.1 Å². The summed E-state index contributed by atoms with van der Waals surface area (Å²) in [4.78, 5) is 34.4. The summed E-state index contributed by atoms with van der Waals surface area (Å²) in [6.45, 7) is 5.19. The Morgan fingerprint density at radius 1 is 1.00 bits per heavy atom. The van der Waals surface area contributed by atoms with Crippen molar-refractivity contribution in [3.05, 3.63) is 72.4 Å². The second-order valence-corrected chi connectivity index (χ2v) is 10.0. The molecule has 3 N–H and O–H groups in total. The van der Waals surface area contributed by atoms with Crippen LogP contribution < -0.4 is 16.0 Å². The van der Waals surface area contributed by atoms with Crippen molar-refractivity contribution < 1.29 is 14.3 Å². The first-order chi connectivity index (χ1) is 17.6. The molecule has 1 aliphatic heterocycles. The van der Waals surface area contributed by atoms with Gasteiger partial charge in [-0.05, 0) is 36.0 Å². The number of carbonyl (C=O) groups excluding carboxylic acids is 2. The minimum atomic E-state index is -0.414. The number of rotatable bonds is 10. The maximum Gasteiger partial charge on any atom is 0.224 e. The Hall–Kier alpha value is -3.23. The molecule has 190 valence electrons. The summed E-state index contributed by atoms with van der Waals surface area (Å²) in [7, 11) is 0. The normalized spacial score (nSPS) is 26.2. The number of allylic oxidation sites excluding steroid dienone is 2. The minimum absolute atomic E-state index is 0.0868. The van der Waals surface area contributed by atoms with E-state index in [1.807, 2.05) is 60.8 Å². The van der Waals surface area contributed by atoms with Crippen LogP contribution in [0.4, 0.5) is 5.82 Å². The van der Waals surface area contributed by atoms with Gasteiger partial charge in [0.2, 0.25) is 11.8 Å². The molecule has 2 amide bonds. The lowest BCUT2D eigenvalue weighted by Gasteiger charge is -2.37. The highest BCUT2D eigenvalue weighted by atomic mass is 16.5. The van der Waals surface area contributed by atoms with Gasteiger partial charge in [-0.15, -0.1) is 0 Å². The summed E-state index contributed by atoms with van der Waals surface area (Å²) in [5, 5.41) is 3.10. The average molecular weight is 490 g/mol. The van der Waals surface area contributed by atoms with Crippen molar-refractivity contribution in [2.45, 2.75) is 19.1 Å². The third-order valence-corrected chi connectivity index (χ3v) is 7.73. The quantitative estimate of drug-likeness (QED) is 0.494. The third-order valence-electron chi connectivity index (χ3n) is 7.73. The van der Waals surface area contributed by atoms with Crippen molar-refractivity contribution in [1.82, 2.24) is 15.2 Å². The Bertz CT molecular complexity index is 1060. The summed E-state index contributed by atoms with van der Waals surface area (Å²) in [5.74, 6) is -0.0824. The lowest BCUT2D eigenvalue weighted by atomic mass is 9.82. The number of primary amides is 1. The molecule has 1 saturated heterocycles. The van der Waals surface area contributed by atoms with Gasteiger partial charge in [0.25, 0.3) is 0 Å². The Morgan fingerprint density at radius 3 is 2.42 bits per heavy atom. The number of pyridine rings is 1. The number of hydrogen-bond donors (Lipinski definition) is 2. The molecule has 2 heterocycles. The highest BCUT2D eigenvalue weighted by molar-refractivity contribution is 5.89. The molecule has 2 aliphatic carbocycles. The second-order valence-electron chi connectivity index (χ2n) is 10.0. The summed E-state index contributed by atoms with van der Waals surface area (Å²) < 4.78 is 6.30. The van der Waals surface area contributed by atoms with Crippen molar-refractivity contribution in [2.24, 2.45) is 29.4 Å². The largest absolute Gasteiger partial charge is 0.370 e. The molecule has 8 nitrogen and oxygen atoms in total. The molecule has 5 rings (SSSR count). The summed E-state index contributed by atoms with van der Waals surface area (Å²) in [6.07, 6.45) is 6.60. The van der Waals surface area contributed by atoms with Crippen molar-refractivity contribution in [3.8, 4) is 0 Å². The van der Waals surface area contributed by atoms with Gasteiger partial charge in [-0.1, -0.05) is 48.6 Å². The number of aromatic nitrogens is 1. The van der Waals surface area contributed by atoms with Crippen molar-refractivity contribution in [2.75, 3.05) is 44.2 Å². The molecule has 2 bridgehead atoms. The van der Waals surface area contributed by atoms with E-state index in [2.05, 4.69) is 26.2 Å². The van der Waals surface area contributed by atoms with E-state index in [0.717, 1.165) is 50.5 Å². The molecule has 3 aliphatic rings. The first-order valence-electron chi connectivity index (χ1n) is 12.9. The number of hydrogen-bond acceptors (Lipinski definition) is 6. The fourth-order valence-corrected chi connectivity index (χ4v) is 5.85. The molecule has 1 aromatic carbocycles. The molecule has 2 aromatic rings. The minimum Gasteiger partial charge on any atom is -0.370 e. The maximum atomic E-state index is 13.2. The van der Waals surface area contributed by atoms with E-state index in [9.17, 15) is 9.59 Å². The molecular weight excluding hydrogens is 454 g/mol. The van der Waals surface area contributed by atoms with Crippen molar-refractivity contribution in [1.29, 1.82) is 0 Å². The van der Waals surface area contributed by atoms with E-state index in [1.54, 1.807) is 0 Å². The summed E-state index contributed by atoms with van der Waals surface area (Å²) in [5.41, 5.74) is 6.76. The molecular formula is C28H35N5O3. The van der Waals surface area contributed by atoms with E-state index >= 15 is 0 Å². The number of fused-ring (bicyclic) bond motifs is 2. The van der Waals surface area contributed by atoms with Gasteiger partial charge in [-0.3, -0.25) is 14.5 Å². The molecule has 36 heavy (non-hydrogen) atoms. The fraction of sp³-hybridized carbons (Fsp3) is 0.464. The Labute approximate surface area is 212 Å². The first-order valence-corrected chi connectivity index (χ1v) is 12.9. The standard InChI is InChI=1S/C28H35N5O3/c29-27(34)25-21-9-10-22(16-21)26(25)28(35)31-17-23(36-19-20-6-2-1-3-7-20)18-32-12-14-33(15-13-32)24-8-4-5-11-30-24/h1-11,21-23,25-26H,12-19H2,(H2,29,34)(H,31,35)/t21-,22+,23?,25?,26?/m1/s1. The number of amides is 2. The summed E-state index contributed by atoms with van der Waals surface area (Å²) in [6, 6.07) is 16.1. The number of carbonyl (C=O) groups is 2. The van der Waals surface area contributed by atoms with Crippen LogP contribution in [-0.2, 0) is 20.9 Å². The Morgan fingerprint density at radius 2 is 1.72 bits per heavy atom. The summed E-state index contributed by atoms with van der Waals surface area (Å²) >= 11 is 0. The molecule has 5 atom stereocenters. The highest BCUT2D eigenvalue weighted by Gasteiger charge is 2.50. The van der Waals surface area contributed by atoms with Crippen LogP contribution in [0.2, 0.25) is 0 Å². The molecule has 2 fully saturated rings. The fourth-order valence-electron chi connectivity index (χ4n) is 5.85. The molecule has 0 radical (unpaired) electrons. The lowest BCUT2D eigenvalue weighted by Crippen LogP contribution is -2.51. The van der Waals surface area contributed by atoms with E-state index < -0.39 is 5.92 Å². The predicted molar refractivity (Wildman–Crippen MR) is 138 cm³/mol. The van der Waals surface area contributed by atoms with Gasteiger partial charge in [0.15, 0.2) is 0 Å². The van der Waals surface area contributed by atoms with Crippen LogP contribution >= 0.6 is 0 Å².